The number of piperidine rings is 2. The number of nitrogens with zero attached hydrogens (tertiary/aromatic N) is 3. The van der Waals surface area contributed by atoms with Crippen molar-refractivity contribution in [1.29, 1.82) is 0 Å². The number of hydrogen-bond acceptors (Lipinski definition) is 10. The lowest BCUT2D eigenvalue weighted by molar-refractivity contribution is -0.160. The van der Waals surface area contributed by atoms with Crippen LogP contribution in [0.1, 0.15) is 77.2 Å². The zero-order valence-electron chi connectivity index (χ0n) is 30.8. The van der Waals surface area contributed by atoms with Crippen molar-refractivity contribution in [2.75, 3.05) is 25.5 Å². The fraction of sp³-hybridized carbons (Fsp3) is 0.390. The molecule has 0 spiro atoms. The molecule has 2 saturated heterocycles. The molecular formula is C41H43Cl2N5O8. The molecule has 8 rings (SSSR count). The fourth-order valence-corrected chi connectivity index (χ4v) is 8.77. The van der Waals surface area contributed by atoms with Gasteiger partial charge in [-0.05, 0) is 79.0 Å². The van der Waals surface area contributed by atoms with Gasteiger partial charge < -0.3 is 35.4 Å². The van der Waals surface area contributed by atoms with Gasteiger partial charge in [-0.15, -0.1) is 0 Å². The SMILES string of the molecule is COc1nc(O[C@H]2CCc3c(-c4cccc(C(=O)Nc5ccc(CN6CC7(C(=O)O)CCC6CC7)cn5)c4Cl)cccc32)c(Cl)cc1CNC[C@@H](O)CC(=O)O. The first-order valence-corrected chi connectivity index (χ1v) is 19.4. The van der Waals surface area contributed by atoms with Crippen molar-refractivity contribution in [3.63, 3.8) is 0 Å². The first-order valence-electron chi connectivity index (χ1n) is 18.6. The standard InChI is InChI=1S/C41H43Cl2N5O8/c1-55-38-24(19-44-20-26(49)17-35(50)51)16-32(42)39(47-38)56-33-10-9-28-27(4-2-5-29(28)33)30-6-3-7-31(36(30)43)37(52)46-34-11-8-23(18-45-34)21-48-22-41(40(53)54)14-12-25(48)13-15-41/h2-8,11,16,18,25-26,33,44,49H,9-10,12-15,17,19-22H2,1H3,(H,50,51)(H,53,54)(H,45,46,52)/t25?,26-,33-,41?/m0/s1. The van der Waals surface area contributed by atoms with Crippen LogP contribution in [0.2, 0.25) is 10.0 Å². The number of carbonyl (C=O) groups excluding carboxylic acids is 1. The number of aliphatic hydroxyl groups is 1. The minimum Gasteiger partial charge on any atom is -0.481 e. The highest BCUT2D eigenvalue weighted by Gasteiger charge is 2.49. The molecule has 2 aromatic heterocycles. The summed E-state index contributed by atoms with van der Waals surface area (Å²) in [5.74, 6) is -1.33. The van der Waals surface area contributed by atoms with Crippen molar-refractivity contribution >= 4 is 46.9 Å². The molecule has 2 aromatic carbocycles. The Labute approximate surface area is 334 Å². The minimum absolute atomic E-state index is 0.0643. The van der Waals surface area contributed by atoms with Crippen LogP contribution in [-0.2, 0) is 29.1 Å². The van der Waals surface area contributed by atoms with E-state index in [0.29, 0.717) is 59.5 Å². The number of nitrogens with one attached hydrogen (secondary N) is 2. The maximum atomic E-state index is 13.5. The number of anilines is 1. The highest BCUT2D eigenvalue weighted by Crippen LogP contribution is 2.46. The summed E-state index contributed by atoms with van der Waals surface area (Å²) in [5.41, 5.74) is 4.78. The molecule has 2 bridgehead atoms. The normalized spacial score (nSPS) is 20.6. The van der Waals surface area contributed by atoms with Crippen LogP contribution in [0.4, 0.5) is 5.82 Å². The number of carboxylic acids is 2. The van der Waals surface area contributed by atoms with Gasteiger partial charge in [-0.25, -0.2) is 4.98 Å². The molecule has 1 saturated carbocycles. The number of rotatable bonds is 15. The van der Waals surface area contributed by atoms with Gasteiger partial charge in [0.2, 0.25) is 11.8 Å². The monoisotopic (exact) mass is 803 g/mol. The molecule has 15 heteroatoms. The van der Waals surface area contributed by atoms with Crippen LogP contribution in [0.25, 0.3) is 11.1 Å². The van der Waals surface area contributed by atoms with E-state index in [4.69, 9.17) is 37.8 Å². The number of fused-ring (bicyclic) bond motifs is 4. The van der Waals surface area contributed by atoms with Gasteiger partial charge in [0, 0.05) is 49.5 Å². The second-order valence-electron chi connectivity index (χ2n) is 14.7. The molecule has 2 atom stereocenters. The molecule has 2 aliphatic heterocycles. The Morgan fingerprint density at radius 3 is 2.50 bits per heavy atom. The number of methoxy groups -OCH3 is 1. The molecule has 4 aliphatic rings. The lowest BCUT2D eigenvalue weighted by Gasteiger charge is -2.50. The molecule has 0 radical (unpaired) electrons. The third-order valence-corrected chi connectivity index (χ3v) is 11.8. The van der Waals surface area contributed by atoms with Gasteiger partial charge in [-0.2, -0.15) is 4.98 Å². The van der Waals surface area contributed by atoms with Crippen LogP contribution < -0.4 is 20.1 Å². The summed E-state index contributed by atoms with van der Waals surface area (Å²) < 4.78 is 11.9. The molecule has 294 valence electrons. The van der Waals surface area contributed by atoms with Crippen molar-refractivity contribution < 1.29 is 39.2 Å². The topological polar surface area (TPSA) is 183 Å². The molecule has 0 unspecified atom stereocenters. The molecule has 4 aromatic rings. The summed E-state index contributed by atoms with van der Waals surface area (Å²) in [6.07, 6.45) is 4.50. The first-order chi connectivity index (χ1) is 26.9. The highest BCUT2D eigenvalue weighted by atomic mass is 35.5. The largest absolute Gasteiger partial charge is 0.481 e. The van der Waals surface area contributed by atoms with E-state index in [1.54, 1.807) is 30.5 Å². The maximum absolute atomic E-state index is 13.5. The number of halogens is 2. The number of amides is 1. The van der Waals surface area contributed by atoms with Crippen LogP contribution >= 0.6 is 23.2 Å². The van der Waals surface area contributed by atoms with Gasteiger partial charge in [0.05, 0.1) is 35.6 Å². The van der Waals surface area contributed by atoms with E-state index in [9.17, 15) is 24.6 Å². The van der Waals surface area contributed by atoms with Gasteiger partial charge in [0.1, 0.15) is 16.9 Å². The van der Waals surface area contributed by atoms with Crippen LogP contribution in [0.3, 0.4) is 0 Å². The quantitative estimate of drug-likeness (QED) is 0.0877. The van der Waals surface area contributed by atoms with E-state index in [1.165, 1.54) is 7.11 Å². The second kappa shape index (κ2) is 16.7. The van der Waals surface area contributed by atoms with Gasteiger partial charge in [-0.3, -0.25) is 19.3 Å². The Kier molecular flexibility index (Phi) is 11.8. The number of carbonyl (C=O) groups is 3. The average Bonchev–Trinajstić information content (AvgIpc) is 3.59. The molecule has 13 nitrogen and oxygen atoms in total. The lowest BCUT2D eigenvalue weighted by atomic mass is 9.67. The zero-order chi connectivity index (χ0) is 39.6. The molecule has 5 N–H and O–H groups in total. The van der Waals surface area contributed by atoms with Gasteiger partial charge in [0.25, 0.3) is 5.91 Å². The highest BCUT2D eigenvalue weighted by molar-refractivity contribution is 6.37. The van der Waals surface area contributed by atoms with Crippen LogP contribution in [0, 0.1) is 5.41 Å². The minimum atomic E-state index is -1.09. The predicted molar refractivity (Wildman–Crippen MR) is 209 cm³/mol. The van der Waals surface area contributed by atoms with Crippen molar-refractivity contribution in [3.05, 3.63) is 98.7 Å². The van der Waals surface area contributed by atoms with Crippen molar-refractivity contribution in [1.82, 2.24) is 20.2 Å². The van der Waals surface area contributed by atoms with Crippen molar-refractivity contribution in [3.8, 4) is 22.9 Å². The number of ether oxygens (including phenoxy) is 2. The van der Waals surface area contributed by atoms with E-state index < -0.39 is 29.4 Å². The van der Waals surface area contributed by atoms with Gasteiger partial charge >= 0.3 is 11.9 Å². The molecule has 2 aliphatic carbocycles. The van der Waals surface area contributed by atoms with Gasteiger partial charge in [-0.1, -0.05) is 59.6 Å². The van der Waals surface area contributed by atoms with Crippen molar-refractivity contribution in [2.45, 2.75) is 76.3 Å². The Morgan fingerprint density at radius 1 is 1.02 bits per heavy atom. The number of hydrogen-bond donors (Lipinski definition) is 5. The van der Waals surface area contributed by atoms with E-state index in [-0.39, 0.29) is 42.4 Å². The first kappa shape index (κ1) is 39.4. The Bertz CT molecular complexity index is 2130. The third-order valence-electron chi connectivity index (χ3n) is 11.1. The maximum Gasteiger partial charge on any atom is 0.310 e. The smallest absolute Gasteiger partial charge is 0.310 e. The Hall–Kier alpha value is -4.79. The van der Waals surface area contributed by atoms with Crippen LogP contribution in [0.15, 0.2) is 60.8 Å². The summed E-state index contributed by atoms with van der Waals surface area (Å²) in [6.45, 7) is 1.45. The molecule has 1 amide bonds. The number of aromatic nitrogens is 2. The van der Waals surface area contributed by atoms with Crippen LogP contribution in [-0.4, -0.2) is 80.4 Å². The fourth-order valence-electron chi connectivity index (χ4n) is 8.24. The van der Waals surface area contributed by atoms with Gasteiger partial charge in [0.15, 0.2) is 0 Å². The number of aliphatic carboxylic acids is 2. The van der Waals surface area contributed by atoms with E-state index in [0.717, 1.165) is 47.9 Å². The molecule has 56 heavy (non-hydrogen) atoms. The second-order valence-corrected chi connectivity index (χ2v) is 15.5. The Balaban J connectivity index is 1.02. The summed E-state index contributed by atoms with van der Waals surface area (Å²) in [5, 5.41) is 35.0. The molecule has 4 heterocycles. The third kappa shape index (κ3) is 8.33. The summed E-state index contributed by atoms with van der Waals surface area (Å²) in [4.78, 5) is 47.7. The number of aliphatic hydroxyl groups excluding tert-OH is 1. The predicted octanol–water partition coefficient (Wildman–Crippen LogP) is 6.53. The average molecular weight is 805 g/mol. The number of pyridine rings is 2. The lowest BCUT2D eigenvalue weighted by Crippen LogP contribution is -2.56. The molecule has 3 fully saturated rings. The summed E-state index contributed by atoms with van der Waals surface area (Å²) in [6, 6.07) is 16.9. The van der Waals surface area contributed by atoms with E-state index in [1.807, 2.05) is 30.3 Å². The number of carboxylic acid groups (broad SMARTS) is 2. The van der Waals surface area contributed by atoms with Crippen molar-refractivity contribution in [2.24, 2.45) is 5.41 Å². The number of benzene rings is 2. The van der Waals surface area contributed by atoms with E-state index >= 15 is 0 Å². The Morgan fingerprint density at radius 2 is 1.79 bits per heavy atom. The van der Waals surface area contributed by atoms with E-state index in [2.05, 4.69) is 25.5 Å². The van der Waals surface area contributed by atoms with Crippen LogP contribution in [0.5, 0.6) is 11.8 Å². The summed E-state index contributed by atoms with van der Waals surface area (Å²) >= 11 is 13.6. The summed E-state index contributed by atoms with van der Waals surface area (Å²) in [7, 11) is 1.48. The zero-order valence-corrected chi connectivity index (χ0v) is 32.3. The molecular weight excluding hydrogens is 761 g/mol.